The zero-order valence-corrected chi connectivity index (χ0v) is 12.4. The maximum absolute atomic E-state index is 12.4. The maximum atomic E-state index is 12.4. The molecule has 1 aromatic heterocycles. The van der Waals surface area contributed by atoms with Gasteiger partial charge in [0.15, 0.2) is 0 Å². The summed E-state index contributed by atoms with van der Waals surface area (Å²) in [6, 6.07) is 3.26. The largest absolute Gasteiger partial charge is 0.465 e. The van der Waals surface area contributed by atoms with Gasteiger partial charge < -0.3 is 10.1 Å². The summed E-state index contributed by atoms with van der Waals surface area (Å²) in [4.78, 5) is 28.4. The van der Waals surface area contributed by atoms with Gasteiger partial charge in [-0.2, -0.15) is 5.10 Å². The summed E-state index contributed by atoms with van der Waals surface area (Å²) in [7, 11) is 1.29. The lowest BCUT2D eigenvalue weighted by atomic mass is 10.1. The van der Waals surface area contributed by atoms with Gasteiger partial charge in [-0.15, -0.1) is 0 Å². The molecule has 1 amide bonds. The van der Waals surface area contributed by atoms with Crippen molar-refractivity contribution in [2.75, 3.05) is 12.4 Å². The minimum Gasteiger partial charge on any atom is -0.465 e. The molecule has 1 aliphatic heterocycles. The molecule has 0 fully saturated rings. The van der Waals surface area contributed by atoms with E-state index < -0.39 is 11.9 Å². The minimum atomic E-state index is -0.545. The number of benzene rings is 1. The number of methoxy groups -OCH3 is 1. The summed E-state index contributed by atoms with van der Waals surface area (Å²) in [5.41, 5.74) is 1.57. The molecule has 0 atom stereocenters. The van der Waals surface area contributed by atoms with E-state index in [9.17, 15) is 9.59 Å². The Morgan fingerprint density at radius 2 is 2.22 bits per heavy atom. The highest BCUT2D eigenvalue weighted by molar-refractivity contribution is 6.10. The van der Waals surface area contributed by atoms with E-state index >= 15 is 0 Å². The van der Waals surface area contributed by atoms with E-state index in [1.54, 1.807) is 36.7 Å². The monoisotopic (exact) mass is 310 g/mol. The first-order chi connectivity index (χ1) is 11.2. The summed E-state index contributed by atoms with van der Waals surface area (Å²) in [5.74, 6) is -0.935. The average Bonchev–Trinajstić information content (AvgIpc) is 2.83. The summed E-state index contributed by atoms with van der Waals surface area (Å²) < 4.78 is 4.77. The Labute approximate surface area is 131 Å². The van der Waals surface area contributed by atoms with Crippen LogP contribution in [0.25, 0.3) is 10.9 Å². The number of carbonyl (C=O) groups is 2. The van der Waals surface area contributed by atoms with Crippen molar-refractivity contribution in [3.63, 3.8) is 0 Å². The number of aliphatic imine (C=N–C) groups is 1. The number of nitrogens with zero attached hydrogens (tertiary/aromatic N) is 2. The Morgan fingerprint density at radius 3 is 3.04 bits per heavy atom. The number of nitrogens with one attached hydrogen (secondary N) is 2. The topological polar surface area (TPSA) is 96.4 Å². The zero-order valence-electron chi connectivity index (χ0n) is 12.4. The van der Waals surface area contributed by atoms with E-state index in [2.05, 4.69) is 20.5 Å². The van der Waals surface area contributed by atoms with Crippen molar-refractivity contribution < 1.29 is 14.3 Å². The highest BCUT2D eigenvalue weighted by Crippen LogP contribution is 2.24. The first-order valence-electron chi connectivity index (χ1n) is 6.95. The lowest BCUT2D eigenvalue weighted by Gasteiger charge is -2.10. The summed E-state index contributed by atoms with van der Waals surface area (Å²) >= 11 is 0. The number of anilines is 1. The molecule has 2 N–H and O–H groups in total. The van der Waals surface area contributed by atoms with Gasteiger partial charge in [0.25, 0.3) is 5.91 Å². The van der Waals surface area contributed by atoms with Crippen molar-refractivity contribution in [1.82, 2.24) is 10.2 Å². The van der Waals surface area contributed by atoms with Crippen LogP contribution in [0.1, 0.15) is 16.8 Å². The number of carbonyl (C=O) groups excluding carboxylic acids is 2. The molecule has 0 saturated carbocycles. The van der Waals surface area contributed by atoms with Crippen molar-refractivity contribution >= 4 is 34.7 Å². The van der Waals surface area contributed by atoms with Gasteiger partial charge in [-0.3, -0.25) is 14.9 Å². The third kappa shape index (κ3) is 3.03. The Hall–Kier alpha value is -3.22. The molecule has 1 aromatic carbocycles. The number of rotatable bonds is 3. The summed E-state index contributed by atoms with van der Waals surface area (Å²) in [5, 5.41) is 10.2. The molecule has 1 aliphatic rings. The van der Waals surface area contributed by atoms with Crippen LogP contribution in [-0.2, 0) is 9.53 Å². The van der Waals surface area contributed by atoms with Gasteiger partial charge in [0.1, 0.15) is 5.70 Å². The fourth-order valence-electron chi connectivity index (χ4n) is 2.21. The number of H-pyrrole nitrogens is 1. The van der Waals surface area contributed by atoms with E-state index in [1.807, 2.05) is 6.08 Å². The van der Waals surface area contributed by atoms with Crippen molar-refractivity contribution in [2.24, 2.45) is 4.99 Å². The lowest BCUT2D eigenvalue weighted by molar-refractivity contribution is -0.112. The number of aromatic amines is 1. The first-order valence-corrected chi connectivity index (χ1v) is 6.95. The smallest absolute Gasteiger partial charge is 0.340 e. The van der Waals surface area contributed by atoms with Gasteiger partial charge in [-0.25, -0.2) is 4.79 Å². The van der Waals surface area contributed by atoms with E-state index in [1.165, 1.54) is 7.11 Å². The molecule has 2 aromatic rings. The van der Waals surface area contributed by atoms with Crippen LogP contribution >= 0.6 is 0 Å². The first kappa shape index (κ1) is 14.7. The molecule has 7 nitrogen and oxygen atoms in total. The number of hydrogen-bond donors (Lipinski definition) is 2. The Bertz CT molecular complexity index is 861. The Morgan fingerprint density at radius 1 is 1.35 bits per heavy atom. The molecular weight excluding hydrogens is 296 g/mol. The summed E-state index contributed by atoms with van der Waals surface area (Å²) in [6.07, 6.45) is 9.16. The van der Waals surface area contributed by atoms with Crippen LogP contribution in [0.15, 0.2) is 47.2 Å². The molecular formula is C16H14N4O3. The highest BCUT2D eigenvalue weighted by atomic mass is 16.5. The third-order valence-corrected chi connectivity index (χ3v) is 3.35. The van der Waals surface area contributed by atoms with Gasteiger partial charge in [0.05, 0.1) is 30.1 Å². The van der Waals surface area contributed by atoms with Gasteiger partial charge in [-0.05, 0) is 30.7 Å². The summed E-state index contributed by atoms with van der Waals surface area (Å²) in [6.45, 7) is 0. The second-order valence-electron chi connectivity index (χ2n) is 4.83. The van der Waals surface area contributed by atoms with Gasteiger partial charge >= 0.3 is 5.97 Å². The SMILES string of the molecule is COC(=O)c1cc2[nH]ncc2cc1NC(=O)C1=CCC=CC=N1. The van der Waals surface area contributed by atoms with Gasteiger partial charge in [-0.1, -0.05) is 6.08 Å². The molecule has 0 unspecified atom stereocenters. The minimum absolute atomic E-state index is 0.244. The molecule has 116 valence electrons. The van der Waals surface area contributed by atoms with Gasteiger partial charge in [0, 0.05) is 11.6 Å². The zero-order chi connectivity index (χ0) is 16.2. The molecule has 0 bridgehead atoms. The molecule has 7 heteroatoms. The average molecular weight is 310 g/mol. The quantitative estimate of drug-likeness (QED) is 0.849. The standard InChI is InChI=1S/C16H14N4O3/c1-23-16(22)11-8-13-10(9-18-20-13)7-14(11)19-15(21)12-5-3-2-4-6-17-12/h2,4-9H,3H2,1H3,(H,18,20)(H,19,21). The van der Waals surface area contributed by atoms with Crippen molar-refractivity contribution in [3.8, 4) is 0 Å². The number of amides is 1. The Kier molecular flexibility index (Phi) is 4.01. The molecule has 0 radical (unpaired) electrons. The van der Waals surface area contributed by atoms with Crippen LogP contribution in [0.5, 0.6) is 0 Å². The van der Waals surface area contributed by atoms with Crippen LogP contribution < -0.4 is 5.32 Å². The Balaban J connectivity index is 1.96. The predicted octanol–water partition coefficient (Wildman–Crippen LogP) is 2.20. The van der Waals surface area contributed by atoms with Crippen molar-refractivity contribution in [1.29, 1.82) is 0 Å². The third-order valence-electron chi connectivity index (χ3n) is 3.35. The van der Waals surface area contributed by atoms with E-state index in [4.69, 9.17) is 4.74 Å². The molecule has 3 rings (SSSR count). The number of fused-ring (bicyclic) bond motifs is 1. The fraction of sp³-hybridized carbons (Fsp3) is 0.125. The van der Waals surface area contributed by atoms with Crippen molar-refractivity contribution in [3.05, 3.63) is 47.8 Å². The maximum Gasteiger partial charge on any atom is 0.340 e. The molecule has 0 spiro atoms. The number of esters is 1. The normalized spacial score (nSPS) is 13.5. The number of allylic oxidation sites excluding steroid dienone is 3. The van der Waals surface area contributed by atoms with E-state index in [0.717, 1.165) is 5.39 Å². The van der Waals surface area contributed by atoms with Crippen LogP contribution in [0.3, 0.4) is 0 Å². The molecule has 0 aliphatic carbocycles. The second kappa shape index (κ2) is 6.27. The van der Waals surface area contributed by atoms with E-state index in [0.29, 0.717) is 17.6 Å². The van der Waals surface area contributed by atoms with Crippen LogP contribution in [0.2, 0.25) is 0 Å². The number of aromatic nitrogens is 2. The number of ether oxygens (including phenoxy) is 1. The van der Waals surface area contributed by atoms with E-state index in [-0.39, 0.29) is 11.3 Å². The lowest BCUT2D eigenvalue weighted by Crippen LogP contribution is -2.16. The van der Waals surface area contributed by atoms with Crippen molar-refractivity contribution in [2.45, 2.75) is 6.42 Å². The highest BCUT2D eigenvalue weighted by Gasteiger charge is 2.17. The molecule has 2 heterocycles. The van der Waals surface area contributed by atoms with Crippen LogP contribution in [-0.4, -0.2) is 35.4 Å². The van der Waals surface area contributed by atoms with Crippen LogP contribution in [0.4, 0.5) is 5.69 Å². The van der Waals surface area contributed by atoms with Gasteiger partial charge in [0.2, 0.25) is 0 Å². The number of hydrogen-bond acceptors (Lipinski definition) is 5. The fourth-order valence-corrected chi connectivity index (χ4v) is 2.21. The predicted molar refractivity (Wildman–Crippen MR) is 86.4 cm³/mol. The molecule has 0 saturated heterocycles. The molecule has 23 heavy (non-hydrogen) atoms. The second-order valence-corrected chi connectivity index (χ2v) is 4.83. The van der Waals surface area contributed by atoms with Crippen LogP contribution in [0, 0.1) is 0 Å².